The first kappa shape index (κ1) is 14.9. The van der Waals surface area contributed by atoms with Crippen LogP contribution in [0.2, 0.25) is 0 Å². The number of aliphatic hydroxyl groups is 1. The van der Waals surface area contributed by atoms with Crippen LogP contribution < -0.4 is 5.32 Å². The Kier molecular flexibility index (Phi) is 8.07. The number of nitrogens with one attached hydrogen (secondary N) is 1. The zero-order chi connectivity index (χ0) is 11.7. The third-order valence-electron chi connectivity index (χ3n) is 3.16. The molecule has 0 aromatic rings. The standard InChI is InChI=1S/C13H29NO/c1-5-13(15,6-2)11-14-10-8-7-9-12(3)4/h12,14-15H,5-11H2,1-4H3. The quantitative estimate of drug-likeness (QED) is 0.580. The lowest BCUT2D eigenvalue weighted by Gasteiger charge is -2.25. The summed E-state index contributed by atoms with van der Waals surface area (Å²) < 4.78 is 0. The first-order valence-corrected chi connectivity index (χ1v) is 6.47. The fraction of sp³-hybridized carbons (Fsp3) is 1.00. The highest BCUT2D eigenvalue weighted by Crippen LogP contribution is 2.12. The number of hydrogen-bond acceptors (Lipinski definition) is 2. The maximum Gasteiger partial charge on any atom is 0.0766 e. The summed E-state index contributed by atoms with van der Waals surface area (Å²) in [6.07, 6.45) is 5.50. The minimum Gasteiger partial charge on any atom is -0.389 e. The van der Waals surface area contributed by atoms with Crippen LogP contribution in [0.1, 0.15) is 59.8 Å². The van der Waals surface area contributed by atoms with Crippen LogP contribution in [0.3, 0.4) is 0 Å². The first-order chi connectivity index (χ1) is 7.04. The number of unbranched alkanes of at least 4 members (excludes halogenated alkanes) is 1. The Morgan fingerprint density at radius 3 is 2.20 bits per heavy atom. The Labute approximate surface area is 95.5 Å². The van der Waals surface area contributed by atoms with Crippen LogP contribution in [0.25, 0.3) is 0 Å². The van der Waals surface area contributed by atoms with Crippen LogP contribution in [0.15, 0.2) is 0 Å². The zero-order valence-corrected chi connectivity index (χ0v) is 11.0. The fourth-order valence-electron chi connectivity index (χ4n) is 1.62. The molecule has 0 fully saturated rings. The Balaban J connectivity index is 3.37. The molecule has 0 aromatic carbocycles. The van der Waals surface area contributed by atoms with Crippen molar-refractivity contribution in [1.29, 1.82) is 0 Å². The molecule has 0 aliphatic rings. The molecule has 2 nitrogen and oxygen atoms in total. The van der Waals surface area contributed by atoms with Crippen LogP contribution in [-0.4, -0.2) is 23.8 Å². The van der Waals surface area contributed by atoms with Crippen LogP contribution in [0.4, 0.5) is 0 Å². The van der Waals surface area contributed by atoms with Gasteiger partial charge in [-0.25, -0.2) is 0 Å². The lowest BCUT2D eigenvalue weighted by atomic mass is 9.97. The van der Waals surface area contributed by atoms with Crippen molar-refractivity contribution in [2.75, 3.05) is 13.1 Å². The molecule has 0 atom stereocenters. The molecule has 2 heteroatoms. The average Bonchev–Trinajstić information content (AvgIpc) is 2.22. The molecule has 0 radical (unpaired) electrons. The van der Waals surface area contributed by atoms with Crippen LogP contribution in [-0.2, 0) is 0 Å². The van der Waals surface area contributed by atoms with E-state index in [1.807, 2.05) is 13.8 Å². The van der Waals surface area contributed by atoms with Gasteiger partial charge in [-0.1, -0.05) is 40.5 Å². The third-order valence-corrected chi connectivity index (χ3v) is 3.16. The normalized spacial score (nSPS) is 12.4. The molecule has 0 saturated carbocycles. The van der Waals surface area contributed by atoms with Crippen molar-refractivity contribution in [3.05, 3.63) is 0 Å². The van der Waals surface area contributed by atoms with Crippen molar-refractivity contribution < 1.29 is 5.11 Å². The van der Waals surface area contributed by atoms with Gasteiger partial charge in [-0.3, -0.25) is 0 Å². The SMILES string of the molecule is CCC(O)(CC)CNCCCCC(C)C. The van der Waals surface area contributed by atoms with Crippen molar-refractivity contribution in [3.63, 3.8) is 0 Å². The summed E-state index contributed by atoms with van der Waals surface area (Å²) in [7, 11) is 0. The second-order valence-corrected chi connectivity index (χ2v) is 5.00. The van der Waals surface area contributed by atoms with E-state index in [4.69, 9.17) is 0 Å². The van der Waals surface area contributed by atoms with Gasteiger partial charge in [0.25, 0.3) is 0 Å². The summed E-state index contributed by atoms with van der Waals surface area (Å²) in [5.41, 5.74) is -0.488. The smallest absolute Gasteiger partial charge is 0.0766 e. The highest BCUT2D eigenvalue weighted by Gasteiger charge is 2.20. The van der Waals surface area contributed by atoms with Crippen molar-refractivity contribution in [3.8, 4) is 0 Å². The molecule has 0 saturated heterocycles. The van der Waals surface area contributed by atoms with Gasteiger partial charge in [-0.05, 0) is 31.7 Å². The minimum absolute atomic E-state index is 0.488. The van der Waals surface area contributed by atoms with E-state index in [1.54, 1.807) is 0 Å². The summed E-state index contributed by atoms with van der Waals surface area (Å²) >= 11 is 0. The number of rotatable bonds is 9. The summed E-state index contributed by atoms with van der Waals surface area (Å²) in [5.74, 6) is 0.813. The van der Waals surface area contributed by atoms with Gasteiger partial charge in [0, 0.05) is 6.54 Å². The van der Waals surface area contributed by atoms with Gasteiger partial charge in [-0.15, -0.1) is 0 Å². The molecule has 0 aromatic heterocycles. The predicted molar refractivity (Wildman–Crippen MR) is 67.1 cm³/mol. The molecular formula is C13H29NO. The van der Waals surface area contributed by atoms with Crippen molar-refractivity contribution in [2.45, 2.75) is 65.4 Å². The Bertz CT molecular complexity index is 141. The molecular weight excluding hydrogens is 186 g/mol. The lowest BCUT2D eigenvalue weighted by Crippen LogP contribution is -2.39. The van der Waals surface area contributed by atoms with E-state index in [1.165, 1.54) is 19.3 Å². The van der Waals surface area contributed by atoms with E-state index in [9.17, 15) is 5.11 Å². The Hall–Kier alpha value is -0.0800. The second-order valence-electron chi connectivity index (χ2n) is 5.00. The largest absolute Gasteiger partial charge is 0.389 e. The average molecular weight is 215 g/mol. The molecule has 92 valence electrons. The summed E-state index contributed by atoms with van der Waals surface area (Å²) in [6, 6.07) is 0. The summed E-state index contributed by atoms with van der Waals surface area (Å²) in [4.78, 5) is 0. The lowest BCUT2D eigenvalue weighted by molar-refractivity contribution is 0.0327. The monoisotopic (exact) mass is 215 g/mol. The van der Waals surface area contributed by atoms with E-state index in [2.05, 4.69) is 19.2 Å². The fourth-order valence-corrected chi connectivity index (χ4v) is 1.62. The topological polar surface area (TPSA) is 32.3 Å². The van der Waals surface area contributed by atoms with Crippen molar-refractivity contribution >= 4 is 0 Å². The van der Waals surface area contributed by atoms with E-state index in [0.717, 1.165) is 31.8 Å². The molecule has 0 amide bonds. The predicted octanol–water partition coefficient (Wildman–Crippen LogP) is 2.95. The van der Waals surface area contributed by atoms with Crippen LogP contribution >= 0.6 is 0 Å². The van der Waals surface area contributed by atoms with Crippen molar-refractivity contribution in [1.82, 2.24) is 5.32 Å². The van der Waals surface area contributed by atoms with Crippen LogP contribution in [0.5, 0.6) is 0 Å². The van der Waals surface area contributed by atoms with Gasteiger partial charge in [-0.2, -0.15) is 0 Å². The molecule has 15 heavy (non-hydrogen) atoms. The van der Waals surface area contributed by atoms with E-state index < -0.39 is 5.60 Å². The Morgan fingerprint density at radius 2 is 1.73 bits per heavy atom. The van der Waals surface area contributed by atoms with E-state index >= 15 is 0 Å². The highest BCUT2D eigenvalue weighted by molar-refractivity contribution is 4.77. The zero-order valence-electron chi connectivity index (χ0n) is 11.0. The van der Waals surface area contributed by atoms with E-state index in [-0.39, 0.29) is 0 Å². The first-order valence-electron chi connectivity index (χ1n) is 6.47. The maximum absolute atomic E-state index is 10.0. The summed E-state index contributed by atoms with van der Waals surface area (Å²) in [6.45, 7) is 10.4. The molecule has 0 bridgehead atoms. The van der Waals surface area contributed by atoms with Crippen LogP contribution in [0, 0.1) is 5.92 Å². The van der Waals surface area contributed by atoms with Gasteiger partial charge >= 0.3 is 0 Å². The van der Waals surface area contributed by atoms with Gasteiger partial charge in [0.15, 0.2) is 0 Å². The third kappa shape index (κ3) is 7.80. The molecule has 0 unspecified atom stereocenters. The molecule has 0 rings (SSSR count). The maximum atomic E-state index is 10.0. The molecule has 2 N–H and O–H groups in total. The Morgan fingerprint density at radius 1 is 1.13 bits per heavy atom. The molecule has 0 spiro atoms. The molecule has 0 heterocycles. The van der Waals surface area contributed by atoms with Gasteiger partial charge in [0.2, 0.25) is 0 Å². The minimum atomic E-state index is -0.488. The van der Waals surface area contributed by atoms with Gasteiger partial charge in [0.1, 0.15) is 0 Å². The second kappa shape index (κ2) is 8.12. The highest BCUT2D eigenvalue weighted by atomic mass is 16.3. The summed E-state index contributed by atoms with van der Waals surface area (Å²) in [5, 5.41) is 13.4. The van der Waals surface area contributed by atoms with Crippen molar-refractivity contribution in [2.24, 2.45) is 5.92 Å². The molecule has 0 aliphatic heterocycles. The number of hydrogen-bond donors (Lipinski definition) is 2. The van der Waals surface area contributed by atoms with E-state index in [0.29, 0.717) is 0 Å². The van der Waals surface area contributed by atoms with Gasteiger partial charge in [0.05, 0.1) is 5.60 Å². The van der Waals surface area contributed by atoms with Gasteiger partial charge < -0.3 is 10.4 Å². The molecule has 0 aliphatic carbocycles.